The Morgan fingerprint density at radius 1 is 1.13 bits per heavy atom. The van der Waals surface area contributed by atoms with Crippen molar-refractivity contribution >= 4 is 27.2 Å². The maximum absolute atomic E-state index is 10.4. The Kier molecular flexibility index (Phi) is 6.51. The lowest BCUT2D eigenvalue weighted by Crippen LogP contribution is -2.15. The molecule has 0 saturated heterocycles. The van der Waals surface area contributed by atoms with E-state index in [0.29, 0.717) is 0 Å². The van der Waals surface area contributed by atoms with Gasteiger partial charge in [-0.2, -0.15) is 0 Å². The summed E-state index contributed by atoms with van der Waals surface area (Å²) >= 11 is 5.31. The van der Waals surface area contributed by atoms with E-state index in [2.05, 4.69) is 9.05 Å². The summed E-state index contributed by atoms with van der Waals surface area (Å²) in [5.41, 5.74) is 0. The van der Waals surface area contributed by atoms with Gasteiger partial charge in [0.25, 0.3) is 0 Å². The number of alkyl halides is 1. The minimum absolute atomic E-state index is 0.139. The molecule has 0 rings (SSSR count). The number of phosphoric ester groups is 2. The minimum atomic E-state index is -4.65. The SMILES string of the molecule is O=P(O)(O)OCCC(CCl)OP(=O)(O)O. The van der Waals surface area contributed by atoms with Crippen LogP contribution in [0.25, 0.3) is 0 Å². The van der Waals surface area contributed by atoms with Crippen LogP contribution in [0, 0.1) is 0 Å². The molecule has 0 spiro atoms. The molecule has 0 fully saturated rings. The Bertz CT molecular complexity index is 270. The van der Waals surface area contributed by atoms with Crippen molar-refractivity contribution in [3.63, 3.8) is 0 Å². The second-order valence-corrected chi connectivity index (χ2v) is 5.22. The molecule has 0 heterocycles. The van der Waals surface area contributed by atoms with E-state index in [4.69, 9.17) is 31.2 Å². The molecular weight excluding hydrogens is 273 g/mol. The van der Waals surface area contributed by atoms with Gasteiger partial charge in [0.1, 0.15) is 0 Å². The van der Waals surface area contributed by atoms with Crippen molar-refractivity contribution in [1.29, 1.82) is 0 Å². The topological polar surface area (TPSA) is 134 Å². The predicted octanol–water partition coefficient (Wildman–Crippen LogP) is 0.202. The maximum atomic E-state index is 10.4. The summed E-state index contributed by atoms with van der Waals surface area (Å²) in [6, 6.07) is 0. The zero-order chi connectivity index (χ0) is 12.1. The molecule has 0 bridgehead atoms. The first kappa shape index (κ1) is 15.5. The summed E-state index contributed by atoms with van der Waals surface area (Å²) in [5, 5.41) is 0. The molecule has 4 N–H and O–H groups in total. The standard InChI is InChI=1S/C4H11ClO8P2/c5-3-4(13-15(9,10)11)1-2-12-14(6,7)8/h4H,1-3H2,(H2,6,7,8)(H2,9,10,11). The average Bonchev–Trinajstić information content (AvgIpc) is 1.97. The van der Waals surface area contributed by atoms with Gasteiger partial charge in [-0.05, 0) is 6.42 Å². The molecule has 0 aliphatic rings. The molecule has 0 aromatic heterocycles. The highest BCUT2D eigenvalue weighted by atomic mass is 35.5. The smallest absolute Gasteiger partial charge is 0.303 e. The Morgan fingerprint density at radius 2 is 1.67 bits per heavy atom. The fraction of sp³-hybridized carbons (Fsp3) is 1.00. The first-order valence-corrected chi connectivity index (χ1v) is 7.23. The van der Waals surface area contributed by atoms with Crippen molar-refractivity contribution in [2.24, 2.45) is 0 Å². The quantitative estimate of drug-likeness (QED) is 0.385. The second-order valence-electron chi connectivity index (χ2n) is 2.48. The summed E-state index contributed by atoms with van der Waals surface area (Å²) in [6.07, 6.45) is -1.17. The van der Waals surface area contributed by atoms with Gasteiger partial charge in [-0.15, -0.1) is 11.6 Å². The van der Waals surface area contributed by atoms with Crippen LogP contribution in [0.15, 0.2) is 0 Å². The van der Waals surface area contributed by atoms with Crippen LogP contribution >= 0.6 is 27.2 Å². The van der Waals surface area contributed by atoms with Gasteiger partial charge in [0.2, 0.25) is 0 Å². The second kappa shape index (κ2) is 6.30. The minimum Gasteiger partial charge on any atom is -0.303 e. The summed E-state index contributed by atoms with van der Waals surface area (Å²) < 4.78 is 28.9. The summed E-state index contributed by atoms with van der Waals surface area (Å²) in [4.78, 5) is 33.4. The van der Waals surface area contributed by atoms with Gasteiger partial charge in [-0.25, -0.2) is 9.13 Å². The fourth-order valence-electron chi connectivity index (χ4n) is 0.655. The number of hydrogen-bond acceptors (Lipinski definition) is 4. The van der Waals surface area contributed by atoms with E-state index in [1.165, 1.54) is 0 Å². The van der Waals surface area contributed by atoms with Gasteiger partial charge >= 0.3 is 15.6 Å². The molecule has 0 saturated carbocycles. The number of rotatable bonds is 7. The molecule has 8 nitrogen and oxygen atoms in total. The van der Waals surface area contributed by atoms with Crippen LogP contribution < -0.4 is 0 Å². The van der Waals surface area contributed by atoms with Gasteiger partial charge in [0.05, 0.1) is 12.7 Å². The highest BCUT2D eigenvalue weighted by molar-refractivity contribution is 7.46. The molecule has 0 aromatic carbocycles. The molecular formula is C4H11ClO8P2. The highest BCUT2D eigenvalue weighted by Crippen LogP contribution is 2.39. The third kappa shape index (κ3) is 10.8. The van der Waals surface area contributed by atoms with Crippen molar-refractivity contribution in [2.75, 3.05) is 12.5 Å². The van der Waals surface area contributed by atoms with Crippen LogP contribution in [0.1, 0.15) is 6.42 Å². The molecule has 15 heavy (non-hydrogen) atoms. The fourth-order valence-corrected chi connectivity index (χ4v) is 1.87. The number of hydrogen-bond donors (Lipinski definition) is 4. The predicted molar refractivity (Wildman–Crippen MR) is 50.3 cm³/mol. The Morgan fingerprint density at radius 3 is 2.00 bits per heavy atom. The van der Waals surface area contributed by atoms with Gasteiger partial charge in [0, 0.05) is 5.88 Å². The lowest BCUT2D eigenvalue weighted by atomic mass is 10.3. The molecule has 0 aliphatic carbocycles. The van der Waals surface area contributed by atoms with E-state index >= 15 is 0 Å². The zero-order valence-corrected chi connectivity index (χ0v) is 9.94. The molecule has 0 amide bonds. The van der Waals surface area contributed by atoms with Crippen molar-refractivity contribution in [2.45, 2.75) is 12.5 Å². The van der Waals surface area contributed by atoms with E-state index < -0.39 is 28.4 Å². The number of phosphoric acid groups is 2. The van der Waals surface area contributed by atoms with Crippen LogP contribution in [-0.4, -0.2) is 38.2 Å². The molecule has 0 radical (unpaired) electrons. The lowest BCUT2D eigenvalue weighted by molar-refractivity contribution is 0.117. The summed E-state index contributed by atoms with van der Waals surface area (Å²) in [5.74, 6) is -0.227. The highest BCUT2D eigenvalue weighted by Gasteiger charge is 2.22. The first-order chi connectivity index (χ1) is 6.64. The normalized spacial score (nSPS) is 15.3. The van der Waals surface area contributed by atoms with Crippen LogP contribution in [0.5, 0.6) is 0 Å². The van der Waals surface area contributed by atoms with Gasteiger partial charge in [-0.1, -0.05) is 0 Å². The van der Waals surface area contributed by atoms with Crippen LogP contribution in [-0.2, 0) is 18.2 Å². The van der Waals surface area contributed by atoms with E-state index in [1.807, 2.05) is 0 Å². The van der Waals surface area contributed by atoms with E-state index in [-0.39, 0.29) is 12.3 Å². The van der Waals surface area contributed by atoms with E-state index in [9.17, 15) is 9.13 Å². The van der Waals surface area contributed by atoms with Crippen molar-refractivity contribution in [3.05, 3.63) is 0 Å². The van der Waals surface area contributed by atoms with Crippen LogP contribution in [0.3, 0.4) is 0 Å². The molecule has 92 valence electrons. The Balaban J connectivity index is 3.92. The summed E-state index contributed by atoms with van der Waals surface area (Å²) in [6.45, 7) is -0.415. The Hall–Kier alpha value is 0.510. The molecule has 0 aromatic rings. The molecule has 11 heteroatoms. The maximum Gasteiger partial charge on any atom is 0.469 e. The van der Waals surface area contributed by atoms with Gasteiger partial charge in [0.15, 0.2) is 0 Å². The number of halogens is 1. The first-order valence-electron chi connectivity index (χ1n) is 3.64. The van der Waals surface area contributed by atoms with Crippen LogP contribution in [0.4, 0.5) is 0 Å². The monoisotopic (exact) mass is 284 g/mol. The largest absolute Gasteiger partial charge is 0.469 e. The van der Waals surface area contributed by atoms with Crippen LogP contribution in [0.2, 0.25) is 0 Å². The third-order valence-corrected chi connectivity index (χ3v) is 2.59. The molecule has 1 unspecified atom stereocenters. The van der Waals surface area contributed by atoms with E-state index in [1.54, 1.807) is 0 Å². The van der Waals surface area contributed by atoms with Crippen molar-refractivity contribution in [1.82, 2.24) is 0 Å². The van der Waals surface area contributed by atoms with E-state index in [0.717, 1.165) is 0 Å². The van der Waals surface area contributed by atoms with Gasteiger partial charge < -0.3 is 19.6 Å². The average molecular weight is 285 g/mol. The lowest BCUT2D eigenvalue weighted by Gasteiger charge is -2.15. The molecule has 1 atom stereocenters. The van der Waals surface area contributed by atoms with Crippen molar-refractivity contribution in [3.8, 4) is 0 Å². The zero-order valence-electron chi connectivity index (χ0n) is 7.39. The summed E-state index contributed by atoms with van der Waals surface area (Å²) in [7, 11) is -9.23. The molecule has 0 aliphatic heterocycles. The Labute approximate surface area is 90.6 Å². The third-order valence-electron chi connectivity index (χ3n) is 1.16. The van der Waals surface area contributed by atoms with Gasteiger partial charge in [-0.3, -0.25) is 9.05 Å². The van der Waals surface area contributed by atoms with Crippen molar-refractivity contribution < 1.29 is 37.8 Å².